The molecule has 29 heavy (non-hydrogen) atoms. The van der Waals surface area contributed by atoms with E-state index in [-0.39, 0.29) is 6.42 Å². The molecule has 1 aromatic carbocycles. The first-order chi connectivity index (χ1) is 13.9. The van der Waals surface area contributed by atoms with Crippen molar-refractivity contribution in [2.45, 2.75) is 50.9 Å². The van der Waals surface area contributed by atoms with Crippen LogP contribution in [-0.4, -0.2) is 39.8 Å². The number of allylic oxidation sites excluding steroid dienone is 2. The molecule has 0 saturated heterocycles. The minimum atomic E-state index is -4.35. The Labute approximate surface area is 170 Å². The Balaban J connectivity index is 1.66. The number of likely N-dealkylation sites (N-methyl/N-ethyl adjacent to an activating group) is 1. The molecule has 0 aliphatic heterocycles. The van der Waals surface area contributed by atoms with Crippen LogP contribution in [0, 0.1) is 0 Å². The lowest BCUT2D eigenvalue weighted by atomic mass is 9.84. The van der Waals surface area contributed by atoms with Gasteiger partial charge in [0.05, 0.1) is 12.0 Å². The van der Waals surface area contributed by atoms with Crippen LogP contribution in [0.5, 0.6) is 0 Å². The molecule has 0 saturated carbocycles. The molecule has 156 valence electrons. The van der Waals surface area contributed by atoms with Gasteiger partial charge in [0.15, 0.2) is 0 Å². The number of aromatic nitrogens is 2. The van der Waals surface area contributed by atoms with Crippen molar-refractivity contribution in [1.29, 1.82) is 0 Å². The highest BCUT2D eigenvalue weighted by Crippen LogP contribution is 2.42. The molecule has 6 heteroatoms. The fourth-order valence-electron chi connectivity index (χ4n) is 3.80. The van der Waals surface area contributed by atoms with Crippen LogP contribution in [0.3, 0.4) is 0 Å². The number of benzene rings is 1. The second-order valence-electron chi connectivity index (χ2n) is 7.61. The molecule has 0 N–H and O–H groups in total. The highest BCUT2D eigenvalue weighted by Gasteiger charge is 2.55. The Morgan fingerprint density at radius 3 is 2.59 bits per heavy atom. The summed E-state index contributed by atoms with van der Waals surface area (Å²) < 4.78 is 44.3. The van der Waals surface area contributed by atoms with E-state index in [0.29, 0.717) is 19.4 Å². The summed E-state index contributed by atoms with van der Waals surface area (Å²) in [7, 11) is 1.56. The van der Waals surface area contributed by atoms with Gasteiger partial charge in [0.1, 0.15) is 5.54 Å². The predicted molar refractivity (Wildman–Crippen MR) is 110 cm³/mol. The summed E-state index contributed by atoms with van der Waals surface area (Å²) in [6.45, 7) is 3.35. The summed E-state index contributed by atoms with van der Waals surface area (Å²) in [5.74, 6) is 0. The first kappa shape index (κ1) is 21.4. The number of imidazole rings is 1. The molecule has 3 nitrogen and oxygen atoms in total. The van der Waals surface area contributed by atoms with Crippen LogP contribution in [0.4, 0.5) is 13.2 Å². The molecular weight excluding hydrogens is 375 g/mol. The zero-order valence-corrected chi connectivity index (χ0v) is 17.0. The maximum Gasteiger partial charge on any atom is 0.410 e. The van der Waals surface area contributed by atoms with Crippen molar-refractivity contribution in [2.24, 2.45) is 0 Å². The average Bonchev–Trinajstić information content (AvgIpc) is 3.15. The standard InChI is InChI=1S/C23H28F3N3/c1-3-15-29-17-21(27-18-29)10-7-16-28(2)22(23(24,25)26)13-11-20(12-14-22)19-8-5-4-6-9-19/h4-6,8-9,11-13,17-18H,3,7,10,14-16H2,1-2H3. The number of hydrogen-bond acceptors (Lipinski definition) is 2. The highest BCUT2D eigenvalue weighted by atomic mass is 19.4. The number of aryl methyl sites for hydroxylation is 2. The van der Waals surface area contributed by atoms with Gasteiger partial charge in [-0.25, -0.2) is 4.98 Å². The summed E-state index contributed by atoms with van der Waals surface area (Å²) in [5, 5.41) is 0. The number of hydrogen-bond donors (Lipinski definition) is 0. The van der Waals surface area contributed by atoms with E-state index < -0.39 is 11.7 Å². The number of rotatable bonds is 8. The highest BCUT2D eigenvalue weighted by molar-refractivity contribution is 5.75. The molecule has 0 spiro atoms. The number of nitrogens with zero attached hydrogens (tertiary/aromatic N) is 3. The molecular formula is C23H28F3N3. The van der Waals surface area contributed by atoms with E-state index in [0.717, 1.165) is 29.8 Å². The molecule has 1 aliphatic carbocycles. The van der Waals surface area contributed by atoms with Gasteiger partial charge in [-0.15, -0.1) is 0 Å². The molecule has 3 rings (SSSR count). The largest absolute Gasteiger partial charge is 0.410 e. The van der Waals surface area contributed by atoms with E-state index in [1.165, 1.54) is 11.0 Å². The topological polar surface area (TPSA) is 21.1 Å². The van der Waals surface area contributed by atoms with Crippen LogP contribution in [0.15, 0.2) is 61.1 Å². The summed E-state index contributed by atoms with van der Waals surface area (Å²) in [6, 6.07) is 9.51. The molecule has 0 bridgehead atoms. The fourth-order valence-corrected chi connectivity index (χ4v) is 3.80. The first-order valence-corrected chi connectivity index (χ1v) is 10.1. The van der Waals surface area contributed by atoms with Crippen LogP contribution in [0.25, 0.3) is 5.57 Å². The lowest BCUT2D eigenvalue weighted by Crippen LogP contribution is -2.56. The molecule has 1 aromatic heterocycles. The van der Waals surface area contributed by atoms with Gasteiger partial charge in [0.2, 0.25) is 0 Å². The normalized spacial score (nSPS) is 19.6. The summed E-state index contributed by atoms with van der Waals surface area (Å²) in [5.41, 5.74) is 0.732. The zero-order valence-electron chi connectivity index (χ0n) is 17.0. The van der Waals surface area contributed by atoms with Gasteiger partial charge in [-0.05, 0) is 50.4 Å². The van der Waals surface area contributed by atoms with Crippen LogP contribution >= 0.6 is 0 Å². The van der Waals surface area contributed by atoms with E-state index in [1.54, 1.807) is 25.5 Å². The third-order valence-electron chi connectivity index (χ3n) is 5.55. The molecule has 1 atom stereocenters. The van der Waals surface area contributed by atoms with E-state index in [4.69, 9.17) is 0 Å². The zero-order chi connectivity index (χ0) is 20.9. The van der Waals surface area contributed by atoms with Crippen LogP contribution in [0.2, 0.25) is 0 Å². The Hall–Kier alpha value is -2.34. The van der Waals surface area contributed by atoms with Gasteiger partial charge < -0.3 is 4.57 Å². The second kappa shape index (κ2) is 8.99. The summed E-state index contributed by atoms with van der Waals surface area (Å²) >= 11 is 0. The number of halogens is 3. The lowest BCUT2D eigenvalue weighted by molar-refractivity contribution is -0.210. The van der Waals surface area contributed by atoms with Crippen LogP contribution in [-0.2, 0) is 13.0 Å². The smallest absolute Gasteiger partial charge is 0.337 e. The number of alkyl halides is 3. The molecule has 0 radical (unpaired) electrons. The van der Waals surface area contributed by atoms with Crippen LogP contribution < -0.4 is 0 Å². The van der Waals surface area contributed by atoms with E-state index in [9.17, 15) is 13.2 Å². The van der Waals surface area contributed by atoms with Crippen molar-refractivity contribution in [2.75, 3.05) is 13.6 Å². The molecule has 2 aromatic rings. The van der Waals surface area contributed by atoms with Crippen molar-refractivity contribution >= 4 is 5.57 Å². The van der Waals surface area contributed by atoms with Crippen molar-refractivity contribution in [3.63, 3.8) is 0 Å². The van der Waals surface area contributed by atoms with E-state index >= 15 is 0 Å². The lowest BCUT2D eigenvalue weighted by Gasteiger charge is -2.42. The van der Waals surface area contributed by atoms with Crippen molar-refractivity contribution in [3.05, 3.63) is 72.3 Å². The van der Waals surface area contributed by atoms with Gasteiger partial charge in [-0.3, -0.25) is 4.90 Å². The molecule has 0 amide bonds. The Bertz CT molecular complexity index is 852. The monoisotopic (exact) mass is 403 g/mol. The van der Waals surface area contributed by atoms with Gasteiger partial charge in [-0.1, -0.05) is 55.5 Å². The van der Waals surface area contributed by atoms with Crippen molar-refractivity contribution in [3.8, 4) is 0 Å². The third-order valence-corrected chi connectivity index (χ3v) is 5.55. The van der Waals surface area contributed by atoms with Crippen molar-refractivity contribution < 1.29 is 13.2 Å². The Morgan fingerprint density at radius 2 is 1.97 bits per heavy atom. The Morgan fingerprint density at radius 1 is 1.21 bits per heavy atom. The van der Waals surface area contributed by atoms with Gasteiger partial charge in [-0.2, -0.15) is 13.2 Å². The Kier molecular flexibility index (Phi) is 6.63. The SMILES string of the molecule is CCCn1cnc(CCCN(C)C2(C(F)(F)F)C=CC(c3ccccc3)=CC2)c1. The first-order valence-electron chi connectivity index (χ1n) is 10.1. The molecule has 1 heterocycles. The maximum atomic E-state index is 14.1. The van der Waals surface area contributed by atoms with E-state index in [1.807, 2.05) is 41.1 Å². The molecule has 1 unspecified atom stereocenters. The second-order valence-corrected chi connectivity index (χ2v) is 7.61. The van der Waals surface area contributed by atoms with Crippen LogP contribution in [0.1, 0.15) is 37.4 Å². The minimum absolute atomic E-state index is 0.0845. The minimum Gasteiger partial charge on any atom is -0.337 e. The summed E-state index contributed by atoms with van der Waals surface area (Å²) in [4.78, 5) is 5.79. The van der Waals surface area contributed by atoms with Crippen molar-refractivity contribution in [1.82, 2.24) is 14.5 Å². The van der Waals surface area contributed by atoms with Gasteiger partial charge in [0.25, 0.3) is 0 Å². The maximum absolute atomic E-state index is 14.1. The molecule has 1 aliphatic rings. The van der Waals surface area contributed by atoms with E-state index in [2.05, 4.69) is 11.9 Å². The molecule has 0 fully saturated rings. The third kappa shape index (κ3) is 4.81. The average molecular weight is 403 g/mol. The summed E-state index contributed by atoms with van der Waals surface area (Å²) in [6.07, 6.45) is 6.30. The fraction of sp³-hybridized carbons (Fsp3) is 0.435. The quantitative estimate of drug-likeness (QED) is 0.580. The van der Waals surface area contributed by atoms with Gasteiger partial charge in [0, 0.05) is 12.7 Å². The van der Waals surface area contributed by atoms with Gasteiger partial charge >= 0.3 is 6.18 Å². The predicted octanol–water partition coefficient (Wildman–Crippen LogP) is 5.50.